The number of aliphatic hydroxyl groups is 2. The second-order valence-corrected chi connectivity index (χ2v) is 5.89. The molecule has 1 saturated carbocycles. The van der Waals surface area contributed by atoms with Crippen LogP contribution >= 0.6 is 0 Å². The summed E-state index contributed by atoms with van der Waals surface area (Å²) in [4.78, 5) is 2.49. The van der Waals surface area contributed by atoms with Gasteiger partial charge in [-0.3, -0.25) is 4.90 Å². The molecular weight excluding hydrogens is 214 g/mol. The molecule has 4 unspecified atom stereocenters. The quantitative estimate of drug-likeness (QED) is 0.742. The first-order chi connectivity index (χ1) is 8.18. The molecule has 17 heavy (non-hydrogen) atoms. The van der Waals surface area contributed by atoms with Crippen molar-refractivity contribution in [2.75, 3.05) is 6.54 Å². The lowest BCUT2D eigenvalue weighted by molar-refractivity contribution is 0.0249. The van der Waals surface area contributed by atoms with Gasteiger partial charge in [0, 0.05) is 12.1 Å². The maximum atomic E-state index is 10.3. The van der Waals surface area contributed by atoms with Crippen molar-refractivity contribution in [1.82, 2.24) is 4.90 Å². The van der Waals surface area contributed by atoms with Crippen LogP contribution < -0.4 is 0 Å². The molecule has 0 aromatic heterocycles. The number of likely N-dealkylation sites (tertiary alicyclic amines) is 1. The molecule has 2 fully saturated rings. The number of nitrogens with zero attached hydrogens (tertiary/aromatic N) is 1. The van der Waals surface area contributed by atoms with Crippen molar-refractivity contribution < 1.29 is 10.2 Å². The van der Waals surface area contributed by atoms with Gasteiger partial charge in [0.2, 0.25) is 0 Å². The minimum Gasteiger partial charge on any atom is -0.393 e. The zero-order valence-electron chi connectivity index (χ0n) is 11.0. The molecule has 0 spiro atoms. The van der Waals surface area contributed by atoms with Gasteiger partial charge < -0.3 is 10.2 Å². The van der Waals surface area contributed by atoms with E-state index in [0.717, 1.165) is 25.8 Å². The standard InChI is InChI=1S/C14H27NO2/c1-11(16)10-12-6-5-9-15(12)13-7-3-2-4-8-14(13)17/h11-14,16-17H,2-10H2,1H3. The van der Waals surface area contributed by atoms with E-state index in [-0.39, 0.29) is 12.2 Å². The summed E-state index contributed by atoms with van der Waals surface area (Å²) in [5.41, 5.74) is 0. The van der Waals surface area contributed by atoms with E-state index in [1.165, 1.54) is 32.1 Å². The fourth-order valence-electron chi connectivity index (χ4n) is 3.60. The monoisotopic (exact) mass is 241 g/mol. The molecule has 1 aliphatic heterocycles. The third kappa shape index (κ3) is 3.43. The van der Waals surface area contributed by atoms with Crippen molar-refractivity contribution in [3.8, 4) is 0 Å². The van der Waals surface area contributed by atoms with Gasteiger partial charge in [0.05, 0.1) is 12.2 Å². The predicted molar refractivity (Wildman–Crippen MR) is 68.9 cm³/mol. The summed E-state index contributed by atoms with van der Waals surface area (Å²) in [7, 11) is 0. The van der Waals surface area contributed by atoms with Crippen molar-refractivity contribution in [2.24, 2.45) is 0 Å². The molecule has 1 heterocycles. The molecule has 2 N–H and O–H groups in total. The third-order valence-electron chi connectivity index (χ3n) is 4.41. The Balaban J connectivity index is 1.98. The topological polar surface area (TPSA) is 43.7 Å². The maximum Gasteiger partial charge on any atom is 0.0695 e. The fourth-order valence-corrected chi connectivity index (χ4v) is 3.60. The molecule has 0 amide bonds. The van der Waals surface area contributed by atoms with Crippen molar-refractivity contribution in [3.05, 3.63) is 0 Å². The molecule has 2 aliphatic rings. The number of hydrogen-bond acceptors (Lipinski definition) is 3. The normalized spacial score (nSPS) is 37.9. The summed E-state index contributed by atoms with van der Waals surface area (Å²) in [6, 6.07) is 0.844. The molecule has 3 heteroatoms. The molecule has 1 saturated heterocycles. The Morgan fingerprint density at radius 3 is 2.65 bits per heavy atom. The summed E-state index contributed by atoms with van der Waals surface area (Å²) < 4.78 is 0. The third-order valence-corrected chi connectivity index (χ3v) is 4.41. The first-order valence-electron chi connectivity index (χ1n) is 7.30. The average molecular weight is 241 g/mol. The molecule has 0 aromatic rings. The Morgan fingerprint density at radius 2 is 1.88 bits per heavy atom. The molecule has 100 valence electrons. The smallest absolute Gasteiger partial charge is 0.0695 e. The lowest BCUT2D eigenvalue weighted by Crippen LogP contribution is -2.46. The van der Waals surface area contributed by atoms with Crippen LogP contribution in [0.5, 0.6) is 0 Å². The Kier molecular flexibility index (Phi) is 4.83. The first-order valence-corrected chi connectivity index (χ1v) is 7.30. The van der Waals surface area contributed by atoms with Crippen LogP contribution in [0.25, 0.3) is 0 Å². The van der Waals surface area contributed by atoms with Crippen LogP contribution in [0.4, 0.5) is 0 Å². The Hall–Kier alpha value is -0.120. The van der Waals surface area contributed by atoms with Gasteiger partial charge in [0.25, 0.3) is 0 Å². The van der Waals surface area contributed by atoms with Gasteiger partial charge in [-0.2, -0.15) is 0 Å². The highest BCUT2D eigenvalue weighted by Crippen LogP contribution is 2.30. The van der Waals surface area contributed by atoms with Crippen LogP contribution in [-0.2, 0) is 0 Å². The van der Waals surface area contributed by atoms with Crippen LogP contribution in [-0.4, -0.2) is 45.9 Å². The summed E-state index contributed by atoms with van der Waals surface area (Å²) in [6.45, 7) is 2.99. The molecule has 1 aliphatic carbocycles. The number of rotatable bonds is 3. The van der Waals surface area contributed by atoms with Crippen molar-refractivity contribution in [1.29, 1.82) is 0 Å². The van der Waals surface area contributed by atoms with Crippen molar-refractivity contribution in [3.63, 3.8) is 0 Å². The van der Waals surface area contributed by atoms with Crippen LogP contribution in [0.2, 0.25) is 0 Å². The Bertz CT molecular complexity index is 232. The van der Waals surface area contributed by atoms with Crippen molar-refractivity contribution >= 4 is 0 Å². The first kappa shape index (κ1) is 13.3. The minimum atomic E-state index is -0.219. The van der Waals surface area contributed by atoms with Gasteiger partial charge in [0.1, 0.15) is 0 Å². The van der Waals surface area contributed by atoms with E-state index in [0.29, 0.717) is 12.1 Å². The molecule has 0 aromatic carbocycles. The van der Waals surface area contributed by atoms with Gasteiger partial charge in [-0.1, -0.05) is 19.3 Å². The highest BCUT2D eigenvalue weighted by molar-refractivity contribution is 4.90. The molecule has 2 rings (SSSR count). The summed E-state index contributed by atoms with van der Waals surface area (Å²) >= 11 is 0. The maximum absolute atomic E-state index is 10.3. The summed E-state index contributed by atoms with van der Waals surface area (Å²) in [6.07, 6.45) is 8.70. The van der Waals surface area contributed by atoms with Crippen LogP contribution in [0.3, 0.4) is 0 Å². The fraction of sp³-hybridized carbons (Fsp3) is 1.00. The number of aliphatic hydroxyl groups excluding tert-OH is 2. The van der Waals surface area contributed by atoms with E-state index < -0.39 is 0 Å². The Morgan fingerprint density at radius 1 is 1.12 bits per heavy atom. The molecule has 0 bridgehead atoms. The minimum absolute atomic E-state index is 0.146. The molecular formula is C14H27NO2. The second-order valence-electron chi connectivity index (χ2n) is 5.89. The van der Waals surface area contributed by atoms with E-state index in [9.17, 15) is 10.2 Å². The zero-order chi connectivity index (χ0) is 12.3. The summed E-state index contributed by atoms with van der Waals surface area (Å²) in [5, 5.41) is 19.8. The van der Waals surface area contributed by atoms with Gasteiger partial charge in [-0.15, -0.1) is 0 Å². The van der Waals surface area contributed by atoms with Crippen LogP contribution in [0, 0.1) is 0 Å². The lowest BCUT2D eigenvalue weighted by Gasteiger charge is -2.35. The largest absolute Gasteiger partial charge is 0.393 e. The van der Waals surface area contributed by atoms with Crippen LogP contribution in [0.1, 0.15) is 58.3 Å². The summed E-state index contributed by atoms with van der Waals surface area (Å²) in [5.74, 6) is 0. The average Bonchev–Trinajstić information content (AvgIpc) is 2.59. The highest BCUT2D eigenvalue weighted by Gasteiger charge is 2.35. The van der Waals surface area contributed by atoms with Crippen molar-refractivity contribution in [2.45, 2.75) is 82.6 Å². The van der Waals surface area contributed by atoms with E-state index in [2.05, 4.69) is 4.90 Å². The Labute approximate surface area is 105 Å². The lowest BCUT2D eigenvalue weighted by atomic mass is 10.0. The second kappa shape index (κ2) is 6.17. The predicted octanol–water partition coefficient (Wildman–Crippen LogP) is 1.92. The van der Waals surface area contributed by atoms with E-state index in [1.807, 2.05) is 6.92 Å². The highest BCUT2D eigenvalue weighted by atomic mass is 16.3. The van der Waals surface area contributed by atoms with E-state index >= 15 is 0 Å². The molecule has 3 nitrogen and oxygen atoms in total. The van der Waals surface area contributed by atoms with Gasteiger partial charge >= 0.3 is 0 Å². The molecule has 4 atom stereocenters. The SMILES string of the molecule is CC(O)CC1CCCN1C1CCCCCC1O. The van der Waals surface area contributed by atoms with Gasteiger partial charge in [-0.05, 0) is 45.6 Å². The molecule has 0 radical (unpaired) electrons. The van der Waals surface area contributed by atoms with Gasteiger partial charge in [-0.25, -0.2) is 0 Å². The van der Waals surface area contributed by atoms with Gasteiger partial charge in [0.15, 0.2) is 0 Å². The van der Waals surface area contributed by atoms with E-state index in [1.54, 1.807) is 0 Å². The van der Waals surface area contributed by atoms with E-state index in [4.69, 9.17) is 0 Å². The zero-order valence-corrected chi connectivity index (χ0v) is 11.0. The van der Waals surface area contributed by atoms with Crippen LogP contribution in [0.15, 0.2) is 0 Å². The number of hydrogen-bond donors (Lipinski definition) is 2.